The maximum absolute atomic E-state index is 13.2. The van der Waals surface area contributed by atoms with E-state index in [4.69, 9.17) is 4.74 Å². The first-order chi connectivity index (χ1) is 13.0. The number of carbonyl (C=O) groups excluding carboxylic acids is 2. The van der Waals surface area contributed by atoms with Gasteiger partial charge in [0.05, 0.1) is 17.9 Å². The minimum atomic E-state index is -0.730. The van der Waals surface area contributed by atoms with Crippen LogP contribution in [0.5, 0.6) is 0 Å². The monoisotopic (exact) mass is 385 g/mol. The highest BCUT2D eigenvalue weighted by Crippen LogP contribution is 2.26. The van der Waals surface area contributed by atoms with E-state index in [0.29, 0.717) is 5.69 Å². The number of hydrogen-bond acceptors (Lipinski definition) is 6. The van der Waals surface area contributed by atoms with E-state index in [0.717, 1.165) is 10.4 Å². The molecular weight excluding hydrogens is 369 g/mol. The minimum absolute atomic E-state index is 0.0294. The molecule has 0 aliphatic heterocycles. The summed E-state index contributed by atoms with van der Waals surface area (Å²) in [5, 5.41) is 4.69. The molecule has 3 rings (SSSR count). The van der Waals surface area contributed by atoms with E-state index in [2.05, 4.69) is 15.3 Å². The van der Waals surface area contributed by atoms with Crippen molar-refractivity contribution in [1.29, 1.82) is 0 Å². The Hall–Kier alpha value is -3.13. The van der Waals surface area contributed by atoms with Gasteiger partial charge in [-0.25, -0.2) is 14.2 Å². The quantitative estimate of drug-likeness (QED) is 0.660. The molecule has 0 fully saturated rings. The summed E-state index contributed by atoms with van der Waals surface area (Å²) in [6, 6.07) is 9.14. The van der Waals surface area contributed by atoms with Crippen molar-refractivity contribution < 1.29 is 18.7 Å². The number of rotatable bonds is 6. The van der Waals surface area contributed by atoms with Gasteiger partial charge in [-0.15, -0.1) is 11.3 Å². The van der Waals surface area contributed by atoms with Gasteiger partial charge in [-0.1, -0.05) is 18.2 Å². The summed E-state index contributed by atoms with van der Waals surface area (Å²) in [5.41, 5.74) is 1.42. The van der Waals surface area contributed by atoms with E-state index in [9.17, 15) is 14.0 Å². The van der Waals surface area contributed by atoms with Crippen molar-refractivity contribution in [3.05, 3.63) is 81.8 Å². The molecule has 0 saturated carbocycles. The Morgan fingerprint density at radius 1 is 1.19 bits per heavy atom. The van der Waals surface area contributed by atoms with Crippen LogP contribution in [0, 0.1) is 12.7 Å². The zero-order chi connectivity index (χ0) is 19.2. The van der Waals surface area contributed by atoms with Crippen LogP contribution in [0.1, 0.15) is 32.7 Å². The number of ether oxygens (including phenoxy) is 1. The number of aromatic nitrogens is 2. The molecule has 0 aliphatic carbocycles. The Morgan fingerprint density at radius 3 is 2.59 bits per heavy atom. The zero-order valence-corrected chi connectivity index (χ0v) is 15.2. The number of benzene rings is 1. The number of halogens is 1. The number of thiophene rings is 1. The number of aryl methyl sites for hydroxylation is 1. The predicted octanol–water partition coefficient (Wildman–Crippen LogP) is 3.05. The first-order valence-corrected chi connectivity index (χ1v) is 8.95. The smallest absolute Gasteiger partial charge is 0.359 e. The van der Waals surface area contributed by atoms with Gasteiger partial charge in [-0.3, -0.25) is 9.78 Å². The second-order valence-corrected chi connectivity index (χ2v) is 6.67. The van der Waals surface area contributed by atoms with Crippen LogP contribution < -0.4 is 5.32 Å². The van der Waals surface area contributed by atoms with Crippen LogP contribution in [-0.4, -0.2) is 28.5 Å². The Bertz CT molecular complexity index is 912. The van der Waals surface area contributed by atoms with Crippen molar-refractivity contribution in [3.8, 4) is 0 Å². The molecule has 1 N–H and O–H groups in total. The highest BCUT2D eigenvalue weighted by atomic mass is 32.1. The molecule has 0 unspecified atom stereocenters. The normalized spacial score (nSPS) is 11.6. The molecule has 6 nitrogen and oxygen atoms in total. The van der Waals surface area contributed by atoms with Gasteiger partial charge in [-0.05, 0) is 36.1 Å². The van der Waals surface area contributed by atoms with Gasteiger partial charge in [0.15, 0.2) is 12.3 Å². The molecule has 8 heteroatoms. The third kappa shape index (κ3) is 4.95. The Labute approximate surface area is 159 Å². The first kappa shape index (κ1) is 18.7. The van der Waals surface area contributed by atoms with Crippen LogP contribution in [-0.2, 0) is 9.53 Å². The van der Waals surface area contributed by atoms with Crippen LogP contribution in [0.2, 0.25) is 0 Å². The summed E-state index contributed by atoms with van der Waals surface area (Å²) in [7, 11) is 0. The molecule has 1 amide bonds. The van der Waals surface area contributed by atoms with E-state index in [1.807, 2.05) is 17.5 Å². The highest BCUT2D eigenvalue weighted by Gasteiger charge is 2.19. The average Bonchev–Trinajstić information content (AvgIpc) is 3.20. The van der Waals surface area contributed by atoms with Gasteiger partial charge in [0, 0.05) is 11.1 Å². The third-order valence-corrected chi connectivity index (χ3v) is 4.60. The fourth-order valence-corrected chi connectivity index (χ4v) is 3.14. The van der Waals surface area contributed by atoms with Crippen molar-refractivity contribution in [2.24, 2.45) is 0 Å². The van der Waals surface area contributed by atoms with Crippen molar-refractivity contribution in [2.45, 2.75) is 13.0 Å². The largest absolute Gasteiger partial charge is 0.451 e. The number of esters is 1. The van der Waals surface area contributed by atoms with Gasteiger partial charge in [0.1, 0.15) is 5.82 Å². The molecular formula is C19H16FN3O3S. The maximum atomic E-state index is 13.2. The molecule has 138 valence electrons. The fraction of sp³-hybridized carbons (Fsp3) is 0.158. The topological polar surface area (TPSA) is 81.2 Å². The second-order valence-electron chi connectivity index (χ2n) is 5.69. The summed E-state index contributed by atoms with van der Waals surface area (Å²) in [6.07, 6.45) is 2.74. The number of carbonyl (C=O) groups is 2. The van der Waals surface area contributed by atoms with Gasteiger partial charge < -0.3 is 10.1 Å². The fourth-order valence-electron chi connectivity index (χ4n) is 2.34. The van der Waals surface area contributed by atoms with Crippen LogP contribution in [0.15, 0.2) is 54.2 Å². The molecule has 0 saturated heterocycles. The van der Waals surface area contributed by atoms with Gasteiger partial charge in [-0.2, -0.15) is 0 Å². The molecule has 0 spiro atoms. The van der Waals surface area contributed by atoms with E-state index in [1.54, 1.807) is 19.1 Å². The lowest BCUT2D eigenvalue weighted by atomic mass is 10.1. The molecule has 27 heavy (non-hydrogen) atoms. The Balaban J connectivity index is 1.65. The molecule has 3 aromatic rings. The van der Waals surface area contributed by atoms with Crippen LogP contribution in [0.4, 0.5) is 4.39 Å². The lowest BCUT2D eigenvalue weighted by molar-refractivity contribution is -0.124. The van der Waals surface area contributed by atoms with Crippen LogP contribution in [0.25, 0.3) is 0 Å². The van der Waals surface area contributed by atoms with Crippen LogP contribution in [0.3, 0.4) is 0 Å². The molecule has 2 aromatic heterocycles. The van der Waals surface area contributed by atoms with Crippen LogP contribution >= 0.6 is 11.3 Å². The maximum Gasteiger partial charge on any atom is 0.359 e. The van der Waals surface area contributed by atoms with Gasteiger partial charge in [0.25, 0.3) is 5.91 Å². The Morgan fingerprint density at radius 2 is 1.96 bits per heavy atom. The summed E-state index contributed by atoms with van der Waals surface area (Å²) in [5.74, 6) is -1.57. The lowest BCUT2D eigenvalue weighted by Crippen LogP contribution is -2.32. The van der Waals surface area contributed by atoms with E-state index in [-0.39, 0.29) is 11.5 Å². The van der Waals surface area contributed by atoms with Crippen molar-refractivity contribution >= 4 is 23.2 Å². The summed E-state index contributed by atoms with van der Waals surface area (Å²) in [6.45, 7) is 1.28. The molecule has 2 heterocycles. The highest BCUT2D eigenvalue weighted by molar-refractivity contribution is 7.10. The van der Waals surface area contributed by atoms with Crippen molar-refractivity contribution in [3.63, 3.8) is 0 Å². The van der Waals surface area contributed by atoms with E-state index in [1.165, 1.54) is 35.9 Å². The predicted molar refractivity (Wildman–Crippen MR) is 97.8 cm³/mol. The molecule has 1 aromatic carbocycles. The zero-order valence-electron chi connectivity index (χ0n) is 14.4. The molecule has 0 bridgehead atoms. The summed E-state index contributed by atoms with van der Waals surface area (Å²) >= 11 is 1.46. The van der Waals surface area contributed by atoms with Crippen molar-refractivity contribution in [2.75, 3.05) is 6.61 Å². The Kier molecular flexibility index (Phi) is 5.87. The molecule has 1 atom stereocenters. The molecule has 0 aliphatic rings. The second kappa shape index (κ2) is 8.50. The van der Waals surface area contributed by atoms with Gasteiger partial charge in [0.2, 0.25) is 0 Å². The number of amides is 1. The molecule has 0 radical (unpaired) electrons. The number of hydrogen-bond donors (Lipinski definition) is 1. The standard InChI is InChI=1S/C19H16FN3O3S/c1-12-9-22-15(10-21-12)19(25)26-11-17(24)23-18(16-3-2-8-27-16)13-4-6-14(20)7-5-13/h2-10,18H,11H2,1H3,(H,23,24)/t18-/m1/s1. The first-order valence-electron chi connectivity index (χ1n) is 8.07. The summed E-state index contributed by atoms with van der Waals surface area (Å²) in [4.78, 5) is 33.0. The van der Waals surface area contributed by atoms with E-state index >= 15 is 0 Å². The lowest BCUT2D eigenvalue weighted by Gasteiger charge is -2.18. The SMILES string of the molecule is Cc1cnc(C(=O)OCC(=O)N[C@H](c2ccc(F)cc2)c2cccs2)cn1. The van der Waals surface area contributed by atoms with E-state index < -0.39 is 24.5 Å². The minimum Gasteiger partial charge on any atom is -0.451 e. The van der Waals surface area contributed by atoms with Crippen molar-refractivity contribution in [1.82, 2.24) is 15.3 Å². The number of nitrogens with zero attached hydrogens (tertiary/aromatic N) is 2. The third-order valence-electron chi connectivity index (χ3n) is 3.66. The average molecular weight is 385 g/mol. The summed E-state index contributed by atoms with van der Waals surface area (Å²) < 4.78 is 18.2. The number of nitrogens with one attached hydrogen (secondary N) is 1. The van der Waals surface area contributed by atoms with Gasteiger partial charge >= 0.3 is 5.97 Å².